The van der Waals surface area contributed by atoms with E-state index in [0.717, 1.165) is 16.8 Å². The minimum absolute atomic E-state index is 0.309. The molecule has 1 aliphatic heterocycles. The van der Waals surface area contributed by atoms with Crippen LogP contribution in [0.15, 0.2) is 53.9 Å². The number of halogens is 3. The summed E-state index contributed by atoms with van der Waals surface area (Å²) in [5.74, 6) is -1.81. The van der Waals surface area contributed by atoms with E-state index in [9.17, 15) is 8.78 Å². The highest BCUT2D eigenvalue weighted by atomic mass is 35.5. The highest BCUT2D eigenvalue weighted by molar-refractivity contribution is 7.99. The van der Waals surface area contributed by atoms with E-state index in [0.29, 0.717) is 22.4 Å². The van der Waals surface area contributed by atoms with Crippen molar-refractivity contribution >= 4 is 23.4 Å². The van der Waals surface area contributed by atoms with Crippen molar-refractivity contribution in [3.8, 4) is 0 Å². The quantitative estimate of drug-likeness (QED) is 0.396. The van der Waals surface area contributed by atoms with Crippen LogP contribution in [0.3, 0.4) is 0 Å². The maximum atomic E-state index is 14.0. The Bertz CT molecular complexity index is 1010. The number of epoxide rings is 1. The standard InChI is InChI=1S/C20H18ClF2N3OS/c1-12(2)28-19-24-11-25-26(19)10-20(13-7-8-16(22)17(23)9-13)18(27-20)14-5-3-4-6-15(14)21/h3-9,11-12,18H,10H2,1-2H3. The molecule has 2 unspecified atom stereocenters. The smallest absolute Gasteiger partial charge is 0.186 e. The second-order valence-corrected chi connectivity index (χ2v) is 8.86. The number of rotatable bonds is 6. The third kappa shape index (κ3) is 3.54. The summed E-state index contributed by atoms with van der Waals surface area (Å²) < 4.78 is 35.3. The van der Waals surface area contributed by atoms with E-state index in [1.54, 1.807) is 28.6 Å². The van der Waals surface area contributed by atoms with E-state index >= 15 is 0 Å². The van der Waals surface area contributed by atoms with Gasteiger partial charge in [-0.05, 0) is 23.8 Å². The van der Waals surface area contributed by atoms with Gasteiger partial charge < -0.3 is 4.74 Å². The van der Waals surface area contributed by atoms with Crippen LogP contribution in [0.4, 0.5) is 8.78 Å². The molecule has 146 valence electrons. The summed E-state index contributed by atoms with van der Waals surface area (Å²) >= 11 is 7.93. The zero-order valence-corrected chi connectivity index (χ0v) is 16.8. The molecule has 0 N–H and O–H groups in total. The predicted molar refractivity (Wildman–Crippen MR) is 104 cm³/mol. The highest BCUT2D eigenvalue weighted by Gasteiger charge is 2.60. The van der Waals surface area contributed by atoms with Gasteiger partial charge in [0.1, 0.15) is 18.0 Å². The van der Waals surface area contributed by atoms with Crippen LogP contribution in [-0.2, 0) is 16.9 Å². The maximum absolute atomic E-state index is 14.0. The van der Waals surface area contributed by atoms with Crippen molar-refractivity contribution in [3.05, 3.63) is 76.6 Å². The molecule has 1 saturated heterocycles. The minimum Gasteiger partial charge on any atom is -0.354 e. The Morgan fingerprint density at radius 1 is 1.21 bits per heavy atom. The Morgan fingerprint density at radius 2 is 2.00 bits per heavy atom. The molecular formula is C20H18ClF2N3OS. The van der Waals surface area contributed by atoms with Crippen LogP contribution in [0, 0.1) is 11.6 Å². The average Bonchev–Trinajstić information content (AvgIpc) is 3.22. The Balaban J connectivity index is 1.75. The number of benzene rings is 2. The second kappa shape index (κ2) is 7.46. The summed E-state index contributed by atoms with van der Waals surface area (Å²) in [6, 6.07) is 11.2. The molecule has 1 fully saturated rings. The van der Waals surface area contributed by atoms with Gasteiger partial charge >= 0.3 is 0 Å². The van der Waals surface area contributed by atoms with Crippen LogP contribution < -0.4 is 0 Å². The number of nitrogens with zero attached hydrogens (tertiary/aromatic N) is 3. The van der Waals surface area contributed by atoms with Crippen LogP contribution in [0.1, 0.15) is 31.1 Å². The average molecular weight is 422 g/mol. The summed E-state index contributed by atoms with van der Waals surface area (Å²) in [6.07, 6.45) is 1.09. The summed E-state index contributed by atoms with van der Waals surface area (Å²) in [5, 5.41) is 5.94. The molecule has 2 heterocycles. The summed E-state index contributed by atoms with van der Waals surface area (Å²) in [4.78, 5) is 4.31. The van der Waals surface area contributed by atoms with Gasteiger partial charge in [0.2, 0.25) is 0 Å². The summed E-state index contributed by atoms with van der Waals surface area (Å²) in [5.41, 5.74) is 0.430. The fourth-order valence-electron chi connectivity index (χ4n) is 3.26. The molecule has 8 heteroatoms. The van der Waals surface area contributed by atoms with E-state index in [1.807, 2.05) is 18.2 Å². The molecule has 0 amide bonds. The molecule has 0 aliphatic carbocycles. The number of hydrogen-bond donors (Lipinski definition) is 0. The minimum atomic E-state index is -0.916. The first-order valence-electron chi connectivity index (χ1n) is 8.83. The lowest BCUT2D eigenvalue weighted by Crippen LogP contribution is -2.21. The first kappa shape index (κ1) is 19.4. The molecule has 1 aliphatic rings. The fourth-order valence-corrected chi connectivity index (χ4v) is 4.25. The number of hydrogen-bond acceptors (Lipinski definition) is 4. The fraction of sp³-hybridized carbons (Fsp3) is 0.300. The largest absolute Gasteiger partial charge is 0.354 e. The van der Waals surface area contributed by atoms with Gasteiger partial charge in [-0.25, -0.2) is 18.4 Å². The van der Waals surface area contributed by atoms with Crippen molar-refractivity contribution in [1.29, 1.82) is 0 Å². The van der Waals surface area contributed by atoms with Crippen LogP contribution in [0.25, 0.3) is 0 Å². The van der Waals surface area contributed by atoms with Gasteiger partial charge in [-0.15, -0.1) is 0 Å². The lowest BCUT2D eigenvalue weighted by Gasteiger charge is -2.16. The predicted octanol–water partition coefficient (Wildman–Crippen LogP) is 5.38. The summed E-state index contributed by atoms with van der Waals surface area (Å²) in [6.45, 7) is 4.44. The molecule has 4 rings (SSSR count). The Labute approximate surface area is 170 Å². The molecule has 3 aromatic rings. The van der Waals surface area contributed by atoms with Gasteiger partial charge in [0.15, 0.2) is 16.8 Å². The van der Waals surface area contributed by atoms with Crippen LogP contribution in [0.2, 0.25) is 5.02 Å². The monoisotopic (exact) mass is 421 g/mol. The van der Waals surface area contributed by atoms with Crippen molar-refractivity contribution in [2.75, 3.05) is 0 Å². The molecule has 4 nitrogen and oxygen atoms in total. The molecule has 2 aromatic carbocycles. The molecule has 28 heavy (non-hydrogen) atoms. The van der Waals surface area contributed by atoms with Crippen LogP contribution in [-0.4, -0.2) is 20.0 Å². The zero-order valence-electron chi connectivity index (χ0n) is 15.3. The van der Waals surface area contributed by atoms with Gasteiger partial charge in [0.05, 0.1) is 6.54 Å². The molecular weight excluding hydrogens is 404 g/mol. The van der Waals surface area contributed by atoms with Gasteiger partial charge in [-0.1, -0.05) is 61.5 Å². The Kier molecular flexibility index (Phi) is 5.16. The normalized spacial score (nSPS) is 21.3. The zero-order chi connectivity index (χ0) is 19.9. The van der Waals surface area contributed by atoms with Crippen molar-refractivity contribution in [3.63, 3.8) is 0 Å². The third-order valence-corrected chi connectivity index (χ3v) is 5.94. The highest BCUT2D eigenvalue weighted by Crippen LogP contribution is 2.59. The maximum Gasteiger partial charge on any atom is 0.186 e. The second-order valence-electron chi connectivity index (χ2n) is 6.90. The van der Waals surface area contributed by atoms with Crippen molar-refractivity contribution in [1.82, 2.24) is 14.8 Å². The van der Waals surface area contributed by atoms with Crippen molar-refractivity contribution < 1.29 is 13.5 Å². The SMILES string of the molecule is CC(C)Sc1ncnn1CC1(c2ccc(F)c(F)c2)OC1c1ccccc1Cl. The van der Waals surface area contributed by atoms with Gasteiger partial charge in [-0.2, -0.15) is 5.10 Å². The number of thioether (sulfide) groups is 1. The van der Waals surface area contributed by atoms with Crippen LogP contribution in [0.5, 0.6) is 0 Å². The van der Waals surface area contributed by atoms with E-state index in [4.69, 9.17) is 16.3 Å². The topological polar surface area (TPSA) is 43.2 Å². The summed E-state index contributed by atoms with van der Waals surface area (Å²) in [7, 11) is 0. The van der Waals surface area contributed by atoms with E-state index < -0.39 is 23.3 Å². The third-order valence-electron chi connectivity index (χ3n) is 4.60. The molecule has 2 atom stereocenters. The Hall–Kier alpha value is -1.96. The molecule has 1 aromatic heterocycles. The molecule has 0 spiro atoms. The molecule has 0 radical (unpaired) electrons. The van der Waals surface area contributed by atoms with Gasteiger partial charge in [0.25, 0.3) is 0 Å². The van der Waals surface area contributed by atoms with Crippen LogP contribution >= 0.6 is 23.4 Å². The molecule has 0 saturated carbocycles. The van der Waals surface area contributed by atoms with Crippen molar-refractivity contribution in [2.24, 2.45) is 0 Å². The van der Waals surface area contributed by atoms with Crippen molar-refractivity contribution in [2.45, 2.75) is 42.5 Å². The number of ether oxygens (including phenoxy) is 1. The van der Waals surface area contributed by atoms with Gasteiger partial charge in [0, 0.05) is 15.8 Å². The van der Waals surface area contributed by atoms with E-state index in [2.05, 4.69) is 23.9 Å². The lowest BCUT2D eigenvalue weighted by atomic mass is 9.91. The van der Waals surface area contributed by atoms with E-state index in [-0.39, 0.29) is 0 Å². The number of aromatic nitrogens is 3. The molecule has 0 bridgehead atoms. The van der Waals surface area contributed by atoms with Gasteiger partial charge in [-0.3, -0.25) is 0 Å². The Morgan fingerprint density at radius 3 is 2.71 bits per heavy atom. The lowest BCUT2D eigenvalue weighted by molar-refractivity contribution is 0.255. The first-order chi connectivity index (χ1) is 13.4. The van der Waals surface area contributed by atoms with E-state index in [1.165, 1.54) is 12.4 Å². The first-order valence-corrected chi connectivity index (χ1v) is 10.1.